The van der Waals surface area contributed by atoms with Gasteiger partial charge in [-0.2, -0.15) is 18.4 Å². The van der Waals surface area contributed by atoms with E-state index in [0.29, 0.717) is 5.69 Å². The maximum absolute atomic E-state index is 14.2. The second-order valence-corrected chi connectivity index (χ2v) is 8.63. The maximum atomic E-state index is 14.2. The van der Waals surface area contributed by atoms with Crippen LogP contribution in [0.5, 0.6) is 0 Å². The third-order valence-corrected chi connectivity index (χ3v) is 5.91. The van der Waals surface area contributed by atoms with Crippen molar-refractivity contribution in [3.05, 3.63) is 98.8 Å². The molecule has 0 amide bonds. The number of hydrogen-bond acceptors (Lipinski definition) is 6. The lowest BCUT2D eigenvalue weighted by Crippen LogP contribution is -2.42. The zero-order valence-corrected chi connectivity index (χ0v) is 19.7. The zero-order valence-electron chi connectivity index (χ0n) is 18.2. The predicted molar refractivity (Wildman–Crippen MR) is 127 cm³/mol. The molecular weight excluding hydrogens is 518 g/mol. The Morgan fingerprint density at radius 1 is 1.17 bits per heavy atom. The van der Waals surface area contributed by atoms with Crippen LogP contribution in [0.2, 0.25) is 10.0 Å². The summed E-state index contributed by atoms with van der Waals surface area (Å²) in [6.07, 6.45) is -3.93. The van der Waals surface area contributed by atoms with Crippen molar-refractivity contribution < 1.29 is 23.2 Å². The molecule has 1 aromatic heterocycles. The van der Waals surface area contributed by atoms with Crippen LogP contribution in [0.1, 0.15) is 34.4 Å². The number of alkyl halides is 3. The Hall–Kier alpha value is -3.65. The Balaban J connectivity index is 1.66. The van der Waals surface area contributed by atoms with Crippen LogP contribution in [0.15, 0.2) is 70.9 Å². The Morgan fingerprint density at radius 3 is 2.53 bits per heavy atom. The van der Waals surface area contributed by atoms with Gasteiger partial charge in [-0.25, -0.2) is 0 Å². The van der Waals surface area contributed by atoms with Gasteiger partial charge < -0.3 is 4.84 Å². The van der Waals surface area contributed by atoms with E-state index < -0.39 is 18.2 Å². The molecule has 2 aromatic carbocycles. The smallest absolute Gasteiger partial charge is 0.374 e. The molecule has 0 saturated carbocycles. The fourth-order valence-corrected chi connectivity index (χ4v) is 4.23. The minimum atomic E-state index is -4.85. The van der Waals surface area contributed by atoms with Gasteiger partial charge in [0.15, 0.2) is 5.84 Å². The van der Waals surface area contributed by atoms with E-state index in [2.05, 4.69) is 15.1 Å². The highest BCUT2D eigenvalue weighted by Gasteiger charge is 2.62. The number of nitrogens with zero attached hydrogens (tertiary/aromatic N) is 4. The molecule has 4 rings (SSSR count). The first-order valence-corrected chi connectivity index (χ1v) is 11.1. The second kappa shape index (κ2) is 10.1. The van der Waals surface area contributed by atoms with E-state index in [4.69, 9.17) is 28.0 Å². The lowest BCUT2D eigenvalue weighted by molar-refractivity contribution is -0.275. The number of amidine groups is 1. The molecule has 36 heavy (non-hydrogen) atoms. The van der Waals surface area contributed by atoms with Crippen molar-refractivity contribution in [1.82, 2.24) is 10.5 Å². The Bertz CT molecular complexity index is 1370. The van der Waals surface area contributed by atoms with E-state index >= 15 is 0 Å². The molecule has 12 heteroatoms. The Kier molecular flexibility index (Phi) is 7.17. The summed E-state index contributed by atoms with van der Waals surface area (Å²) in [7, 11) is 0. The largest absolute Gasteiger partial charge is 0.435 e. The second-order valence-electron chi connectivity index (χ2n) is 7.76. The van der Waals surface area contributed by atoms with Crippen LogP contribution >= 0.6 is 23.2 Å². The molecule has 1 unspecified atom stereocenters. The van der Waals surface area contributed by atoms with Crippen molar-refractivity contribution in [2.45, 2.75) is 24.7 Å². The van der Waals surface area contributed by atoms with Crippen LogP contribution in [0, 0.1) is 11.3 Å². The van der Waals surface area contributed by atoms with E-state index in [9.17, 15) is 23.6 Å². The third-order valence-electron chi connectivity index (χ3n) is 5.47. The summed E-state index contributed by atoms with van der Waals surface area (Å²) in [6.45, 7) is 0.118. The van der Waals surface area contributed by atoms with Crippen molar-refractivity contribution in [2.24, 2.45) is 10.1 Å². The zero-order chi connectivity index (χ0) is 25.9. The molecule has 0 saturated heterocycles. The van der Waals surface area contributed by atoms with Crippen LogP contribution in [0.25, 0.3) is 0 Å². The molecule has 2 N–H and O–H groups in total. The first kappa shape index (κ1) is 25.4. The number of hydrogen-bond donors (Lipinski definition) is 2. The molecule has 1 aliphatic heterocycles. The number of halogens is 5. The number of aromatic nitrogens is 1. The topological polar surface area (TPSA) is 103 Å². The molecule has 3 aromatic rings. The van der Waals surface area contributed by atoms with E-state index in [1.807, 2.05) is 11.5 Å². The normalized spacial score (nSPS) is 17.8. The molecule has 0 spiro atoms. The molecule has 184 valence electrons. The number of hydroxylamine groups is 1. The fourth-order valence-electron chi connectivity index (χ4n) is 3.70. The Labute approximate surface area is 213 Å². The van der Waals surface area contributed by atoms with Gasteiger partial charge >= 0.3 is 6.18 Å². The summed E-state index contributed by atoms with van der Waals surface area (Å²) in [6, 6.07) is 15.1. The average molecular weight is 534 g/mol. The van der Waals surface area contributed by atoms with Crippen molar-refractivity contribution in [1.29, 1.82) is 5.26 Å². The van der Waals surface area contributed by atoms with Crippen molar-refractivity contribution in [3.63, 3.8) is 0 Å². The lowest BCUT2D eigenvalue weighted by atomic mass is 9.86. The standard InChI is InChI=1S/C24H16Cl2F3N5O2/c25-17-8-16(9-18(26)10-17)23(24(27,28)29)11-21(34-36-23)14-4-5-20(15(7-14)12-30)22(33-35)32-13-19-3-1-2-6-31-19/h1-10,35H,11,13H2,(H,32,33). The number of benzene rings is 2. The van der Waals surface area contributed by atoms with E-state index in [0.717, 1.165) is 12.1 Å². The van der Waals surface area contributed by atoms with Crippen molar-refractivity contribution in [3.8, 4) is 6.07 Å². The monoisotopic (exact) mass is 533 g/mol. The van der Waals surface area contributed by atoms with Crippen molar-refractivity contribution in [2.75, 3.05) is 0 Å². The molecular formula is C24H16Cl2F3N5O2. The van der Waals surface area contributed by atoms with Crippen molar-refractivity contribution >= 4 is 34.7 Å². The summed E-state index contributed by atoms with van der Waals surface area (Å²) in [4.78, 5) is 13.4. The van der Waals surface area contributed by atoms with Gasteiger partial charge in [0.2, 0.25) is 0 Å². The average Bonchev–Trinajstić information content (AvgIpc) is 3.32. The van der Waals surface area contributed by atoms with Gasteiger partial charge in [0.25, 0.3) is 5.60 Å². The maximum Gasteiger partial charge on any atom is 0.435 e. The van der Waals surface area contributed by atoms with Crippen LogP contribution in [0.3, 0.4) is 0 Å². The highest BCUT2D eigenvalue weighted by atomic mass is 35.5. The lowest BCUT2D eigenvalue weighted by Gasteiger charge is -2.29. The quantitative estimate of drug-likeness (QED) is 0.246. The highest BCUT2D eigenvalue weighted by molar-refractivity contribution is 6.34. The molecule has 2 heterocycles. The summed E-state index contributed by atoms with van der Waals surface area (Å²) in [5, 5.41) is 23.0. The minimum Gasteiger partial charge on any atom is -0.374 e. The number of rotatable bonds is 5. The number of nitriles is 1. The van der Waals surface area contributed by atoms with Gasteiger partial charge in [0.05, 0.1) is 29.6 Å². The molecule has 0 fully saturated rings. The third kappa shape index (κ3) is 4.99. The minimum absolute atomic E-state index is 0.00780. The summed E-state index contributed by atoms with van der Waals surface area (Å²) in [5.41, 5.74) is -0.0212. The molecule has 0 aliphatic carbocycles. The molecule has 0 radical (unpaired) electrons. The Morgan fingerprint density at radius 2 is 1.92 bits per heavy atom. The molecule has 7 nitrogen and oxygen atoms in total. The fraction of sp³-hybridized carbons (Fsp3) is 0.167. The number of aliphatic imine (C=N–C) groups is 1. The van der Waals surface area contributed by atoms with Gasteiger partial charge in [-0.1, -0.05) is 40.5 Å². The van der Waals surface area contributed by atoms with Gasteiger partial charge in [-0.3, -0.25) is 20.7 Å². The number of pyridine rings is 1. The van der Waals surface area contributed by atoms with E-state index in [1.54, 1.807) is 24.4 Å². The van der Waals surface area contributed by atoms with Crippen LogP contribution < -0.4 is 5.48 Å². The first-order chi connectivity index (χ1) is 17.2. The number of oxime groups is 1. The van der Waals surface area contributed by atoms with Gasteiger partial charge in [0.1, 0.15) is 0 Å². The van der Waals surface area contributed by atoms with Gasteiger partial charge in [-0.15, -0.1) is 0 Å². The summed E-state index contributed by atoms with van der Waals surface area (Å²) >= 11 is 11.9. The van der Waals surface area contributed by atoms with Crippen LogP contribution in [-0.4, -0.2) is 27.9 Å². The van der Waals surface area contributed by atoms with Crippen LogP contribution in [0.4, 0.5) is 13.2 Å². The van der Waals surface area contributed by atoms with Crippen LogP contribution in [-0.2, 0) is 17.0 Å². The number of nitrogens with one attached hydrogen (secondary N) is 1. The SMILES string of the molecule is N#Cc1cc(C2=NOC(c3cc(Cl)cc(Cl)c3)(C(F)(F)F)C2)ccc1C(=NCc1ccccn1)NO. The molecule has 1 aliphatic rings. The molecule has 1 atom stereocenters. The van der Waals surface area contributed by atoms with Gasteiger partial charge in [-0.05, 0) is 42.5 Å². The molecule has 0 bridgehead atoms. The summed E-state index contributed by atoms with van der Waals surface area (Å²) in [5.74, 6) is -0.00780. The highest BCUT2D eigenvalue weighted by Crippen LogP contribution is 2.49. The summed E-state index contributed by atoms with van der Waals surface area (Å²) < 4.78 is 42.7. The predicted octanol–water partition coefficient (Wildman–Crippen LogP) is 5.77. The van der Waals surface area contributed by atoms with E-state index in [-0.39, 0.29) is 50.4 Å². The van der Waals surface area contributed by atoms with Gasteiger partial charge in [0, 0.05) is 39.4 Å². The first-order valence-electron chi connectivity index (χ1n) is 10.3. The van der Waals surface area contributed by atoms with E-state index in [1.165, 1.54) is 24.3 Å².